The molecule has 0 amide bonds. The number of carboxylic acid groups (broad SMARTS) is 1. The zero-order chi connectivity index (χ0) is 16.0. The van der Waals surface area contributed by atoms with Gasteiger partial charge in [0, 0.05) is 25.3 Å². The topological polar surface area (TPSA) is 83.9 Å². The summed E-state index contributed by atoms with van der Waals surface area (Å²) in [6.07, 6.45) is 1.12. The summed E-state index contributed by atoms with van der Waals surface area (Å²) in [4.78, 5) is 11.3. The molecule has 0 aliphatic carbocycles. The number of nitrogens with zero attached hydrogens (tertiary/aromatic N) is 1. The minimum absolute atomic E-state index is 0.116. The maximum atomic E-state index is 13.8. The van der Waals surface area contributed by atoms with Gasteiger partial charge in [-0.2, -0.15) is 4.31 Å². The number of hydrogen-bond donors (Lipinski definition) is 1. The molecule has 9 heteroatoms. The molecule has 1 aromatic heterocycles. The van der Waals surface area contributed by atoms with E-state index in [1.807, 2.05) is 0 Å². The highest BCUT2D eigenvalue weighted by Gasteiger charge is 2.54. The lowest BCUT2D eigenvalue weighted by atomic mass is 9.86. The van der Waals surface area contributed by atoms with Crippen LogP contribution in [0.25, 0.3) is 0 Å². The fraction of sp³-hybridized carbons (Fsp3) is 0.615. The first-order chi connectivity index (χ1) is 10.4. The molecule has 22 heavy (non-hydrogen) atoms. The highest BCUT2D eigenvalue weighted by Crippen LogP contribution is 2.44. The van der Waals surface area contributed by atoms with Crippen molar-refractivity contribution in [3.8, 4) is 0 Å². The van der Waals surface area contributed by atoms with Crippen LogP contribution in [0, 0.1) is 11.7 Å². The molecule has 1 N–H and O–H groups in total. The molecule has 3 heterocycles. The number of hydrogen-bond acceptors (Lipinski definition) is 5. The first-order valence-electron chi connectivity index (χ1n) is 6.93. The third-order valence-corrected chi connectivity index (χ3v) is 7.81. The molecule has 2 aliphatic heterocycles. The molecule has 2 aliphatic rings. The molecule has 2 fully saturated rings. The van der Waals surface area contributed by atoms with E-state index in [-0.39, 0.29) is 17.2 Å². The van der Waals surface area contributed by atoms with Gasteiger partial charge in [-0.1, -0.05) is 0 Å². The van der Waals surface area contributed by atoms with E-state index in [1.165, 1.54) is 9.69 Å². The number of carboxylic acids is 1. The Kier molecular flexibility index (Phi) is 4.00. The quantitative estimate of drug-likeness (QED) is 0.895. The van der Waals surface area contributed by atoms with Crippen molar-refractivity contribution in [1.29, 1.82) is 0 Å². The highest BCUT2D eigenvalue weighted by atomic mass is 32.2. The van der Waals surface area contributed by atoms with E-state index >= 15 is 0 Å². The summed E-state index contributed by atoms with van der Waals surface area (Å²) in [5.74, 6) is -2.57. The van der Waals surface area contributed by atoms with Crippen molar-refractivity contribution in [2.24, 2.45) is 5.92 Å². The Morgan fingerprint density at radius 3 is 2.68 bits per heavy atom. The first kappa shape index (κ1) is 15.9. The van der Waals surface area contributed by atoms with Crippen LogP contribution in [0.5, 0.6) is 0 Å². The first-order valence-corrected chi connectivity index (χ1v) is 9.25. The summed E-state index contributed by atoms with van der Waals surface area (Å²) in [5.41, 5.74) is -0.781. The number of halogens is 1. The van der Waals surface area contributed by atoms with Crippen molar-refractivity contribution in [2.75, 3.05) is 19.8 Å². The van der Waals surface area contributed by atoms with E-state index in [0.717, 1.165) is 17.4 Å². The predicted octanol–water partition coefficient (Wildman–Crippen LogP) is 1.53. The van der Waals surface area contributed by atoms with Gasteiger partial charge in [0.1, 0.15) is 0 Å². The summed E-state index contributed by atoms with van der Waals surface area (Å²) < 4.78 is 45.6. The van der Waals surface area contributed by atoms with Crippen LogP contribution in [0.15, 0.2) is 15.7 Å². The van der Waals surface area contributed by atoms with Crippen LogP contribution in [-0.2, 0) is 19.6 Å². The maximum absolute atomic E-state index is 13.8. The highest BCUT2D eigenvalue weighted by molar-refractivity contribution is 7.91. The van der Waals surface area contributed by atoms with Crippen LogP contribution in [-0.4, -0.2) is 49.1 Å². The summed E-state index contributed by atoms with van der Waals surface area (Å²) in [5, 5.41) is 10.7. The molecular formula is C13H16FNO5S2. The fourth-order valence-corrected chi connectivity index (χ4v) is 6.38. The van der Waals surface area contributed by atoms with Gasteiger partial charge in [-0.25, -0.2) is 12.8 Å². The van der Waals surface area contributed by atoms with Gasteiger partial charge >= 0.3 is 5.97 Å². The van der Waals surface area contributed by atoms with Crippen molar-refractivity contribution >= 4 is 27.3 Å². The Bertz CT molecular complexity index is 680. The van der Waals surface area contributed by atoms with Crippen LogP contribution < -0.4 is 0 Å². The molecule has 2 saturated heterocycles. The minimum atomic E-state index is -4.04. The third-order valence-electron chi connectivity index (χ3n) is 4.42. The van der Waals surface area contributed by atoms with Gasteiger partial charge in [0.05, 0.1) is 5.92 Å². The number of ether oxygens (including phenoxy) is 1. The number of rotatable bonds is 3. The molecule has 1 spiro atoms. The number of carbonyl (C=O) groups is 1. The Labute approximate surface area is 131 Å². The van der Waals surface area contributed by atoms with E-state index in [4.69, 9.17) is 4.74 Å². The van der Waals surface area contributed by atoms with Crippen LogP contribution >= 0.6 is 11.3 Å². The normalized spacial score (nSPS) is 25.6. The van der Waals surface area contributed by atoms with E-state index < -0.39 is 33.3 Å². The second kappa shape index (κ2) is 5.55. The number of aliphatic carboxylic acids is 1. The van der Waals surface area contributed by atoms with Crippen LogP contribution in [0.3, 0.4) is 0 Å². The second-order valence-corrected chi connectivity index (χ2v) is 8.64. The van der Waals surface area contributed by atoms with Crippen molar-refractivity contribution < 1.29 is 27.4 Å². The van der Waals surface area contributed by atoms with Crippen LogP contribution in [0.1, 0.15) is 19.3 Å². The van der Waals surface area contributed by atoms with E-state index in [2.05, 4.69) is 0 Å². The lowest BCUT2D eigenvalue weighted by molar-refractivity contribution is -0.141. The van der Waals surface area contributed by atoms with Gasteiger partial charge in [-0.3, -0.25) is 4.79 Å². The molecular weight excluding hydrogens is 333 g/mol. The second-order valence-electron chi connectivity index (χ2n) is 5.67. The van der Waals surface area contributed by atoms with Gasteiger partial charge < -0.3 is 9.84 Å². The lowest BCUT2D eigenvalue weighted by Crippen LogP contribution is -2.50. The zero-order valence-corrected chi connectivity index (χ0v) is 13.3. The predicted molar refractivity (Wildman–Crippen MR) is 76.7 cm³/mol. The summed E-state index contributed by atoms with van der Waals surface area (Å²) in [6.45, 7) is 0.644. The van der Waals surface area contributed by atoms with Gasteiger partial charge in [0.2, 0.25) is 0 Å². The molecule has 1 unspecified atom stereocenters. The SMILES string of the molecule is O=C(O)C1CN(S(=O)(=O)c2sccc2F)C2(CCOCC2)C1. The molecule has 0 bridgehead atoms. The van der Waals surface area contributed by atoms with E-state index in [1.54, 1.807) is 0 Å². The zero-order valence-electron chi connectivity index (χ0n) is 11.7. The van der Waals surface area contributed by atoms with Crippen LogP contribution in [0.4, 0.5) is 4.39 Å². The van der Waals surface area contributed by atoms with Gasteiger partial charge in [-0.05, 0) is 30.7 Å². The van der Waals surface area contributed by atoms with Gasteiger partial charge in [0.15, 0.2) is 10.0 Å². The molecule has 0 radical (unpaired) electrons. The monoisotopic (exact) mass is 349 g/mol. The Morgan fingerprint density at radius 2 is 2.14 bits per heavy atom. The minimum Gasteiger partial charge on any atom is -0.481 e. The van der Waals surface area contributed by atoms with E-state index in [0.29, 0.717) is 26.1 Å². The third kappa shape index (κ3) is 2.45. The molecule has 122 valence electrons. The van der Waals surface area contributed by atoms with Crippen molar-refractivity contribution in [3.05, 3.63) is 17.3 Å². The standard InChI is InChI=1S/C13H16FNO5S2/c14-10-1-6-21-12(10)22(18,19)15-8-9(11(16)17)7-13(15)2-4-20-5-3-13/h1,6,9H,2-5,7-8H2,(H,16,17). The van der Waals surface area contributed by atoms with Gasteiger partial charge in [-0.15, -0.1) is 11.3 Å². The molecule has 6 nitrogen and oxygen atoms in total. The van der Waals surface area contributed by atoms with Crippen molar-refractivity contribution in [1.82, 2.24) is 4.31 Å². The average Bonchev–Trinajstić information content (AvgIpc) is 3.05. The van der Waals surface area contributed by atoms with Crippen molar-refractivity contribution in [3.63, 3.8) is 0 Å². The number of thiophene rings is 1. The molecule has 3 rings (SSSR count). The van der Waals surface area contributed by atoms with Crippen LogP contribution in [0.2, 0.25) is 0 Å². The van der Waals surface area contributed by atoms with Gasteiger partial charge in [0.25, 0.3) is 10.0 Å². The summed E-state index contributed by atoms with van der Waals surface area (Å²) >= 11 is 0.817. The fourth-order valence-electron chi connectivity index (χ4n) is 3.31. The Balaban J connectivity index is 2.02. The van der Waals surface area contributed by atoms with E-state index in [9.17, 15) is 22.7 Å². The molecule has 1 aromatic rings. The summed E-state index contributed by atoms with van der Waals surface area (Å²) in [7, 11) is -4.04. The Morgan fingerprint density at radius 1 is 1.45 bits per heavy atom. The number of sulfonamides is 1. The molecule has 1 atom stereocenters. The lowest BCUT2D eigenvalue weighted by Gasteiger charge is -2.40. The smallest absolute Gasteiger partial charge is 0.307 e. The average molecular weight is 349 g/mol. The molecule has 0 saturated carbocycles. The maximum Gasteiger partial charge on any atom is 0.307 e. The van der Waals surface area contributed by atoms with Crippen molar-refractivity contribution in [2.45, 2.75) is 29.0 Å². The largest absolute Gasteiger partial charge is 0.481 e. The molecule has 0 aromatic carbocycles. The summed E-state index contributed by atoms with van der Waals surface area (Å²) in [6, 6.07) is 1.11. The Hall–Kier alpha value is -1.03.